The zero-order chi connectivity index (χ0) is 16.8. The van der Waals surface area contributed by atoms with Crippen molar-refractivity contribution in [1.29, 1.82) is 0 Å². The quantitative estimate of drug-likeness (QED) is 0.431. The first kappa shape index (κ1) is 15.8. The summed E-state index contributed by atoms with van der Waals surface area (Å²) < 4.78 is 0. The summed E-state index contributed by atoms with van der Waals surface area (Å²) in [6, 6.07) is 17.5. The fourth-order valence-corrected chi connectivity index (χ4v) is 2.51. The van der Waals surface area contributed by atoms with Crippen molar-refractivity contribution in [1.82, 2.24) is 4.98 Å². The van der Waals surface area contributed by atoms with Gasteiger partial charge in [-0.05, 0) is 22.4 Å². The SMILES string of the molecule is N/C(CC(O)c1cccc2ccccc12)=N\N=C\c1cccnc1. The van der Waals surface area contributed by atoms with Gasteiger partial charge in [0.25, 0.3) is 0 Å². The summed E-state index contributed by atoms with van der Waals surface area (Å²) in [6.07, 6.45) is 4.44. The van der Waals surface area contributed by atoms with Gasteiger partial charge in [0.2, 0.25) is 0 Å². The number of rotatable bonds is 5. The zero-order valence-electron chi connectivity index (χ0n) is 13.1. The molecule has 0 fully saturated rings. The number of hydrogen-bond acceptors (Lipinski definition) is 4. The number of fused-ring (bicyclic) bond motifs is 1. The molecular weight excluding hydrogens is 300 g/mol. The average Bonchev–Trinajstić information content (AvgIpc) is 2.62. The molecule has 1 aromatic heterocycles. The molecule has 0 aliphatic heterocycles. The minimum Gasteiger partial charge on any atom is -0.388 e. The molecule has 0 aliphatic rings. The van der Waals surface area contributed by atoms with Crippen molar-refractivity contribution in [3.8, 4) is 0 Å². The fraction of sp³-hybridized carbons (Fsp3) is 0.105. The topological polar surface area (TPSA) is 83.9 Å². The second-order valence-electron chi connectivity index (χ2n) is 5.41. The molecule has 3 N–H and O–H groups in total. The van der Waals surface area contributed by atoms with Gasteiger partial charge in [0.1, 0.15) is 5.84 Å². The third-order valence-corrected chi connectivity index (χ3v) is 3.66. The summed E-state index contributed by atoms with van der Waals surface area (Å²) in [4.78, 5) is 3.99. The molecule has 24 heavy (non-hydrogen) atoms. The maximum Gasteiger partial charge on any atom is 0.125 e. The van der Waals surface area contributed by atoms with Gasteiger partial charge in [0, 0.05) is 24.4 Å². The van der Waals surface area contributed by atoms with E-state index in [1.807, 2.05) is 54.6 Å². The van der Waals surface area contributed by atoms with E-state index in [9.17, 15) is 5.11 Å². The predicted molar refractivity (Wildman–Crippen MR) is 97.0 cm³/mol. The monoisotopic (exact) mass is 318 g/mol. The lowest BCUT2D eigenvalue weighted by Crippen LogP contribution is -2.15. The Morgan fingerprint density at radius 2 is 1.96 bits per heavy atom. The number of nitrogens with two attached hydrogens (primary N) is 1. The molecule has 3 aromatic rings. The Hall–Kier alpha value is -3.05. The highest BCUT2D eigenvalue weighted by Crippen LogP contribution is 2.26. The van der Waals surface area contributed by atoms with Crippen molar-refractivity contribution in [2.75, 3.05) is 0 Å². The van der Waals surface area contributed by atoms with Crippen LogP contribution in [0.15, 0.2) is 77.2 Å². The van der Waals surface area contributed by atoms with Crippen molar-refractivity contribution in [3.63, 3.8) is 0 Å². The molecule has 1 heterocycles. The van der Waals surface area contributed by atoms with Crippen LogP contribution in [0.25, 0.3) is 10.8 Å². The Kier molecular flexibility index (Phi) is 4.93. The number of aliphatic hydroxyl groups excluding tert-OH is 1. The molecule has 5 nitrogen and oxygen atoms in total. The molecule has 0 amide bonds. The van der Waals surface area contributed by atoms with E-state index in [-0.39, 0.29) is 12.3 Å². The van der Waals surface area contributed by atoms with Crippen molar-refractivity contribution in [2.45, 2.75) is 12.5 Å². The lowest BCUT2D eigenvalue weighted by Gasteiger charge is -2.13. The second-order valence-corrected chi connectivity index (χ2v) is 5.41. The number of pyridine rings is 1. The molecule has 0 saturated carbocycles. The first-order valence-corrected chi connectivity index (χ1v) is 7.65. The molecule has 120 valence electrons. The predicted octanol–water partition coefficient (Wildman–Crippen LogP) is 3.05. The van der Waals surface area contributed by atoms with Crippen molar-refractivity contribution < 1.29 is 5.11 Å². The minimum absolute atomic E-state index is 0.221. The van der Waals surface area contributed by atoms with E-state index < -0.39 is 6.10 Å². The molecule has 1 unspecified atom stereocenters. The Labute approximate surface area is 140 Å². The van der Waals surface area contributed by atoms with Crippen molar-refractivity contribution >= 4 is 22.8 Å². The van der Waals surface area contributed by atoms with Gasteiger partial charge in [0.05, 0.1) is 12.3 Å². The molecule has 0 bridgehead atoms. The smallest absolute Gasteiger partial charge is 0.125 e. The Balaban J connectivity index is 1.72. The summed E-state index contributed by atoms with van der Waals surface area (Å²) >= 11 is 0. The third kappa shape index (κ3) is 3.83. The van der Waals surface area contributed by atoms with Crippen LogP contribution < -0.4 is 5.73 Å². The molecule has 0 aliphatic carbocycles. The molecule has 2 aromatic carbocycles. The highest BCUT2D eigenvalue weighted by Gasteiger charge is 2.12. The van der Waals surface area contributed by atoms with Gasteiger partial charge >= 0.3 is 0 Å². The molecule has 0 saturated heterocycles. The summed E-state index contributed by atoms with van der Waals surface area (Å²) in [5.74, 6) is 0.274. The highest BCUT2D eigenvalue weighted by molar-refractivity contribution is 5.87. The molecule has 0 radical (unpaired) electrons. The van der Waals surface area contributed by atoms with Crippen LogP contribution in [0.3, 0.4) is 0 Å². The maximum atomic E-state index is 10.5. The van der Waals surface area contributed by atoms with Gasteiger partial charge in [-0.3, -0.25) is 4.98 Å². The van der Waals surface area contributed by atoms with E-state index in [4.69, 9.17) is 5.73 Å². The van der Waals surface area contributed by atoms with Crippen LogP contribution in [0.1, 0.15) is 23.7 Å². The number of aromatic nitrogens is 1. The maximum absolute atomic E-state index is 10.5. The summed E-state index contributed by atoms with van der Waals surface area (Å²) in [5.41, 5.74) is 7.55. The van der Waals surface area contributed by atoms with Gasteiger partial charge in [-0.25, -0.2) is 0 Å². The van der Waals surface area contributed by atoms with Gasteiger partial charge in [-0.15, -0.1) is 5.10 Å². The van der Waals surface area contributed by atoms with Crippen molar-refractivity contribution in [3.05, 3.63) is 78.1 Å². The number of hydrogen-bond donors (Lipinski definition) is 2. The molecule has 1 atom stereocenters. The Morgan fingerprint density at radius 3 is 2.79 bits per heavy atom. The molecular formula is C19H18N4O. The van der Waals surface area contributed by atoms with Gasteiger partial charge < -0.3 is 10.8 Å². The average molecular weight is 318 g/mol. The van der Waals surface area contributed by atoms with Crippen LogP contribution in [-0.4, -0.2) is 22.1 Å². The summed E-state index contributed by atoms with van der Waals surface area (Å²) in [5, 5.41) is 20.5. The van der Waals surface area contributed by atoms with E-state index in [0.29, 0.717) is 0 Å². The van der Waals surface area contributed by atoms with Crippen LogP contribution in [-0.2, 0) is 0 Å². The van der Waals surface area contributed by atoms with Gasteiger partial charge in [0.15, 0.2) is 0 Å². The highest BCUT2D eigenvalue weighted by atomic mass is 16.3. The van der Waals surface area contributed by atoms with E-state index in [1.54, 1.807) is 18.6 Å². The first-order valence-electron chi connectivity index (χ1n) is 7.65. The van der Waals surface area contributed by atoms with E-state index in [0.717, 1.165) is 21.9 Å². The summed E-state index contributed by atoms with van der Waals surface area (Å²) in [7, 11) is 0. The van der Waals surface area contributed by atoms with E-state index in [2.05, 4.69) is 15.2 Å². The standard InChI is InChI=1S/C19H18N4O/c20-19(23-22-13-14-5-4-10-21-12-14)11-18(24)17-9-3-7-15-6-1-2-8-16(15)17/h1-10,12-13,18,24H,11H2,(H2,20,23)/b22-13+. The number of benzene rings is 2. The lowest BCUT2D eigenvalue weighted by atomic mass is 9.98. The van der Waals surface area contributed by atoms with Crippen LogP contribution in [0.2, 0.25) is 0 Å². The number of amidine groups is 1. The van der Waals surface area contributed by atoms with E-state index >= 15 is 0 Å². The molecule has 5 heteroatoms. The Morgan fingerprint density at radius 1 is 1.12 bits per heavy atom. The second kappa shape index (κ2) is 7.48. The number of aliphatic hydroxyl groups is 1. The van der Waals surface area contributed by atoms with Crippen LogP contribution in [0.4, 0.5) is 0 Å². The summed E-state index contributed by atoms with van der Waals surface area (Å²) in [6.45, 7) is 0. The molecule has 3 rings (SSSR count). The van der Waals surface area contributed by atoms with Crippen LogP contribution >= 0.6 is 0 Å². The van der Waals surface area contributed by atoms with E-state index in [1.165, 1.54) is 0 Å². The zero-order valence-corrected chi connectivity index (χ0v) is 13.1. The van der Waals surface area contributed by atoms with Gasteiger partial charge in [-0.1, -0.05) is 48.5 Å². The van der Waals surface area contributed by atoms with Crippen LogP contribution in [0, 0.1) is 0 Å². The normalized spacial score (nSPS) is 13.5. The third-order valence-electron chi connectivity index (χ3n) is 3.66. The lowest BCUT2D eigenvalue weighted by molar-refractivity contribution is 0.187. The van der Waals surface area contributed by atoms with Crippen LogP contribution in [0.5, 0.6) is 0 Å². The van der Waals surface area contributed by atoms with Gasteiger partial charge in [-0.2, -0.15) is 5.10 Å². The number of nitrogens with zero attached hydrogens (tertiary/aromatic N) is 3. The fourth-order valence-electron chi connectivity index (χ4n) is 2.51. The Bertz CT molecular complexity index is 869. The largest absolute Gasteiger partial charge is 0.388 e. The first-order chi connectivity index (χ1) is 11.7. The van der Waals surface area contributed by atoms with Crippen molar-refractivity contribution in [2.24, 2.45) is 15.9 Å². The molecule has 0 spiro atoms. The minimum atomic E-state index is -0.728.